The van der Waals surface area contributed by atoms with E-state index in [-0.39, 0.29) is 24.8 Å². The van der Waals surface area contributed by atoms with Crippen LogP contribution in [0.25, 0.3) is 11.3 Å². The van der Waals surface area contributed by atoms with Crippen molar-refractivity contribution in [3.63, 3.8) is 0 Å². The molecule has 1 saturated heterocycles. The minimum Gasteiger partial charge on any atom is -0.364 e. The number of benzene rings is 2. The van der Waals surface area contributed by atoms with E-state index in [1.54, 1.807) is 0 Å². The molecule has 1 fully saturated rings. The highest BCUT2D eigenvalue weighted by Gasteiger charge is 2.21. The van der Waals surface area contributed by atoms with Crippen molar-refractivity contribution in [3.8, 4) is 11.3 Å². The molecular weight excluding hydrogens is 401 g/mol. The van der Waals surface area contributed by atoms with E-state index in [0.717, 1.165) is 25.3 Å². The van der Waals surface area contributed by atoms with Gasteiger partial charge >= 0.3 is 0 Å². The minimum absolute atomic E-state index is 0. The van der Waals surface area contributed by atoms with Crippen LogP contribution in [0.2, 0.25) is 0 Å². The summed E-state index contributed by atoms with van der Waals surface area (Å²) >= 11 is 0. The number of hydrogen-bond acceptors (Lipinski definition) is 3. The summed E-state index contributed by atoms with van der Waals surface area (Å²) in [4.78, 5) is 7.16. The fraction of sp³-hybridized carbons (Fsp3) is 0.292. The summed E-state index contributed by atoms with van der Waals surface area (Å²) in [6, 6.07) is 24.3. The maximum absolute atomic E-state index is 4.59. The molecule has 1 aromatic heterocycles. The zero-order valence-electron chi connectivity index (χ0n) is 16.8. The topological polar surface area (TPSA) is 28.2 Å². The van der Waals surface area contributed by atoms with E-state index in [2.05, 4.69) is 82.8 Å². The number of anilines is 1. The Kier molecular flexibility index (Phi) is 8.97. The van der Waals surface area contributed by atoms with Crippen LogP contribution >= 0.6 is 24.8 Å². The molecule has 0 unspecified atom stereocenters. The van der Waals surface area contributed by atoms with Gasteiger partial charge < -0.3 is 10.2 Å². The first-order valence-electron chi connectivity index (χ1n) is 9.84. The Morgan fingerprint density at radius 2 is 1.62 bits per heavy atom. The lowest BCUT2D eigenvalue weighted by Gasteiger charge is -2.36. The lowest BCUT2D eigenvalue weighted by molar-refractivity contribution is 0.428. The second-order valence-electron chi connectivity index (χ2n) is 7.36. The van der Waals surface area contributed by atoms with Crippen LogP contribution in [-0.2, 0) is 6.54 Å². The van der Waals surface area contributed by atoms with Crippen molar-refractivity contribution in [1.29, 1.82) is 0 Å². The van der Waals surface area contributed by atoms with Gasteiger partial charge in [0.2, 0.25) is 0 Å². The van der Waals surface area contributed by atoms with Crippen molar-refractivity contribution in [1.82, 2.24) is 10.3 Å². The summed E-state index contributed by atoms with van der Waals surface area (Å²) < 4.78 is 0. The number of piperidine rings is 1. The average Bonchev–Trinajstić information content (AvgIpc) is 2.74. The molecule has 3 aromatic rings. The number of rotatable bonds is 5. The fourth-order valence-electron chi connectivity index (χ4n) is 3.82. The predicted octanol–water partition coefficient (Wildman–Crippen LogP) is 5.66. The van der Waals surface area contributed by atoms with Gasteiger partial charge in [-0.15, -0.1) is 24.8 Å². The van der Waals surface area contributed by atoms with Crippen molar-refractivity contribution in [3.05, 3.63) is 84.1 Å². The molecule has 1 aliphatic rings. The second kappa shape index (κ2) is 11.2. The number of hydrogen-bond donors (Lipinski definition) is 1. The lowest BCUT2D eigenvalue weighted by Crippen LogP contribution is -2.43. The molecule has 0 spiro atoms. The predicted molar refractivity (Wildman–Crippen MR) is 127 cm³/mol. The van der Waals surface area contributed by atoms with Crippen LogP contribution in [0.4, 0.5) is 5.69 Å². The number of halogens is 2. The molecule has 154 valence electrons. The van der Waals surface area contributed by atoms with Gasteiger partial charge in [-0.3, -0.25) is 4.98 Å². The molecule has 1 aliphatic heterocycles. The fourth-order valence-corrected chi connectivity index (χ4v) is 3.82. The van der Waals surface area contributed by atoms with Crippen LogP contribution in [-0.4, -0.2) is 24.1 Å². The van der Waals surface area contributed by atoms with Crippen molar-refractivity contribution in [2.45, 2.75) is 32.4 Å². The number of pyridine rings is 1. The Hall–Kier alpha value is -2.07. The van der Waals surface area contributed by atoms with E-state index in [0.29, 0.717) is 6.04 Å². The molecule has 4 rings (SSSR count). The first kappa shape index (κ1) is 23.2. The number of nitrogens with one attached hydrogen (secondary N) is 1. The Balaban J connectivity index is 0.00000150. The maximum Gasteiger partial charge on any atom is 0.0705 e. The van der Waals surface area contributed by atoms with Gasteiger partial charge in [0.05, 0.1) is 5.69 Å². The first-order chi connectivity index (χ1) is 13.3. The van der Waals surface area contributed by atoms with Gasteiger partial charge in [0.1, 0.15) is 0 Å². The highest BCUT2D eigenvalue weighted by atomic mass is 35.5. The van der Waals surface area contributed by atoms with Gasteiger partial charge in [0, 0.05) is 30.0 Å². The third-order valence-corrected chi connectivity index (χ3v) is 5.36. The van der Waals surface area contributed by atoms with Crippen LogP contribution in [0.15, 0.2) is 72.9 Å². The quantitative estimate of drug-likeness (QED) is 0.566. The van der Waals surface area contributed by atoms with E-state index < -0.39 is 0 Å². The van der Waals surface area contributed by atoms with Crippen LogP contribution in [0, 0.1) is 6.92 Å². The Morgan fingerprint density at radius 3 is 2.31 bits per heavy atom. The van der Waals surface area contributed by atoms with Crippen LogP contribution < -0.4 is 10.2 Å². The number of nitrogens with zero attached hydrogens (tertiary/aromatic N) is 2. The summed E-state index contributed by atoms with van der Waals surface area (Å²) in [5.74, 6) is 0. The number of aryl methyl sites for hydroxylation is 1. The molecule has 5 heteroatoms. The largest absolute Gasteiger partial charge is 0.364 e. The summed E-state index contributed by atoms with van der Waals surface area (Å²) in [5.41, 5.74) is 6.14. The molecule has 0 saturated carbocycles. The molecule has 3 nitrogen and oxygen atoms in total. The summed E-state index contributed by atoms with van der Waals surface area (Å²) in [5, 5.41) is 3.49. The van der Waals surface area contributed by atoms with Crippen molar-refractivity contribution in [2.24, 2.45) is 0 Å². The highest BCUT2D eigenvalue weighted by Crippen LogP contribution is 2.26. The van der Waals surface area contributed by atoms with Crippen molar-refractivity contribution < 1.29 is 0 Å². The Morgan fingerprint density at radius 1 is 0.931 bits per heavy atom. The van der Waals surface area contributed by atoms with E-state index in [4.69, 9.17) is 0 Å². The van der Waals surface area contributed by atoms with E-state index in [1.165, 1.54) is 35.2 Å². The highest BCUT2D eigenvalue weighted by molar-refractivity contribution is 5.85. The molecule has 0 aliphatic carbocycles. The maximum atomic E-state index is 4.59. The Labute approximate surface area is 186 Å². The van der Waals surface area contributed by atoms with Gasteiger partial charge in [-0.2, -0.15) is 0 Å². The average molecular weight is 430 g/mol. The monoisotopic (exact) mass is 429 g/mol. The van der Waals surface area contributed by atoms with Crippen LogP contribution in [0.3, 0.4) is 0 Å². The molecule has 0 radical (unpaired) electrons. The van der Waals surface area contributed by atoms with E-state index >= 15 is 0 Å². The SMILES string of the molecule is Cc1ccc(N(Cc2ccnc(-c3ccccc3)c2)C2CCNCC2)cc1.Cl.Cl. The Bertz CT molecular complexity index is 863. The second-order valence-corrected chi connectivity index (χ2v) is 7.36. The third-order valence-electron chi connectivity index (χ3n) is 5.36. The smallest absolute Gasteiger partial charge is 0.0705 e. The van der Waals surface area contributed by atoms with Crippen molar-refractivity contribution in [2.75, 3.05) is 18.0 Å². The summed E-state index contributed by atoms with van der Waals surface area (Å²) in [6.07, 6.45) is 4.31. The normalized spacial score (nSPS) is 13.8. The molecular formula is C24H29Cl2N3. The van der Waals surface area contributed by atoms with Crippen LogP contribution in [0.5, 0.6) is 0 Å². The molecule has 2 aromatic carbocycles. The summed E-state index contributed by atoms with van der Waals surface area (Å²) in [7, 11) is 0. The van der Waals surface area contributed by atoms with Gasteiger partial charge in [-0.1, -0.05) is 48.0 Å². The standard InChI is InChI=1S/C24H27N3.2ClH/c1-19-7-9-22(10-8-19)27(23-12-14-25-15-13-23)18-20-11-16-26-24(17-20)21-5-3-2-4-6-21;;/h2-11,16-17,23,25H,12-15,18H2,1H3;2*1H. The van der Waals surface area contributed by atoms with Gasteiger partial charge in [-0.25, -0.2) is 0 Å². The van der Waals surface area contributed by atoms with Gasteiger partial charge in [0.15, 0.2) is 0 Å². The molecule has 1 N–H and O–H groups in total. The van der Waals surface area contributed by atoms with E-state index in [9.17, 15) is 0 Å². The van der Waals surface area contributed by atoms with Crippen LogP contribution in [0.1, 0.15) is 24.0 Å². The molecule has 0 bridgehead atoms. The van der Waals surface area contributed by atoms with Crippen molar-refractivity contribution >= 4 is 30.5 Å². The molecule has 0 atom stereocenters. The zero-order valence-corrected chi connectivity index (χ0v) is 18.4. The summed E-state index contributed by atoms with van der Waals surface area (Å²) in [6.45, 7) is 5.25. The van der Waals surface area contributed by atoms with E-state index in [1.807, 2.05) is 12.3 Å². The molecule has 0 amide bonds. The van der Waals surface area contributed by atoms with Gasteiger partial charge in [-0.05, 0) is 62.7 Å². The van der Waals surface area contributed by atoms with Gasteiger partial charge in [0.25, 0.3) is 0 Å². The molecule has 2 heterocycles. The number of aromatic nitrogens is 1. The minimum atomic E-state index is 0. The first-order valence-corrected chi connectivity index (χ1v) is 9.84. The molecule has 29 heavy (non-hydrogen) atoms. The lowest BCUT2D eigenvalue weighted by atomic mass is 10.0. The zero-order chi connectivity index (χ0) is 18.5. The third kappa shape index (κ3) is 5.96.